The highest BCUT2D eigenvalue weighted by Gasteiger charge is 2.18. The smallest absolute Gasteiger partial charge is 0.0450 e. The first-order valence-corrected chi connectivity index (χ1v) is 6.48. The van der Waals surface area contributed by atoms with Gasteiger partial charge in [0.05, 0.1) is 0 Å². The Balaban J connectivity index is 1.84. The molecule has 3 N–H and O–H groups in total. The summed E-state index contributed by atoms with van der Waals surface area (Å²) in [6.07, 6.45) is 5.78. The average molecular weight is 210 g/mol. The van der Waals surface area contributed by atoms with Crippen LogP contribution in [0, 0.1) is 5.92 Å². The molecule has 0 spiro atoms. The molecule has 3 heteroatoms. The molecule has 2 heterocycles. The third-order valence-electron chi connectivity index (χ3n) is 2.95. The van der Waals surface area contributed by atoms with Crippen molar-refractivity contribution in [3.8, 4) is 0 Å². The van der Waals surface area contributed by atoms with Gasteiger partial charge in [-0.05, 0) is 48.8 Å². The van der Waals surface area contributed by atoms with E-state index in [9.17, 15) is 0 Å². The van der Waals surface area contributed by atoms with Crippen molar-refractivity contribution in [2.24, 2.45) is 11.7 Å². The molecule has 1 aliphatic heterocycles. The van der Waals surface area contributed by atoms with Crippen molar-refractivity contribution < 1.29 is 0 Å². The van der Waals surface area contributed by atoms with Crippen LogP contribution in [-0.4, -0.2) is 16.5 Å². The van der Waals surface area contributed by atoms with E-state index in [2.05, 4.69) is 22.8 Å². The average Bonchev–Trinajstić information content (AvgIpc) is 2.72. The van der Waals surface area contributed by atoms with Crippen LogP contribution < -0.4 is 5.73 Å². The molecular formula is C11H18N2S. The van der Waals surface area contributed by atoms with Gasteiger partial charge in [0, 0.05) is 17.9 Å². The first-order chi connectivity index (χ1) is 6.86. The van der Waals surface area contributed by atoms with Crippen LogP contribution >= 0.6 is 11.8 Å². The van der Waals surface area contributed by atoms with Gasteiger partial charge >= 0.3 is 0 Å². The first-order valence-electron chi connectivity index (χ1n) is 5.33. The van der Waals surface area contributed by atoms with Gasteiger partial charge in [-0.25, -0.2) is 0 Å². The number of H-pyrrole nitrogens is 1. The normalized spacial score (nSPS) is 20.9. The zero-order chi connectivity index (χ0) is 9.80. The van der Waals surface area contributed by atoms with Gasteiger partial charge in [-0.15, -0.1) is 0 Å². The van der Waals surface area contributed by atoms with Gasteiger partial charge in [-0.2, -0.15) is 11.8 Å². The zero-order valence-electron chi connectivity index (χ0n) is 8.41. The molecule has 0 aromatic carbocycles. The van der Waals surface area contributed by atoms with Crippen molar-refractivity contribution >= 4 is 11.8 Å². The van der Waals surface area contributed by atoms with E-state index in [0.29, 0.717) is 0 Å². The minimum Gasteiger partial charge on any atom is -0.364 e. The highest BCUT2D eigenvalue weighted by molar-refractivity contribution is 7.99. The molecule has 0 aliphatic carbocycles. The lowest BCUT2D eigenvalue weighted by Crippen LogP contribution is -2.19. The Labute approximate surface area is 89.7 Å². The van der Waals surface area contributed by atoms with E-state index in [0.717, 1.165) is 12.3 Å². The fourth-order valence-electron chi connectivity index (χ4n) is 2.04. The van der Waals surface area contributed by atoms with Crippen LogP contribution in [0.3, 0.4) is 0 Å². The highest BCUT2D eigenvalue weighted by Crippen LogP contribution is 2.29. The molecule has 1 aromatic rings. The quantitative estimate of drug-likeness (QED) is 0.805. The molecule has 1 atom stereocenters. The minimum atomic E-state index is 0.207. The summed E-state index contributed by atoms with van der Waals surface area (Å²) in [7, 11) is 0. The molecular weight excluding hydrogens is 192 g/mol. The lowest BCUT2D eigenvalue weighted by atomic mass is 9.93. The van der Waals surface area contributed by atoms with Crippen molar-refractivity contribution in [3.63, 3.8) is 0 Å². The van der Waals surface area contributed by atoms with Crippen molar-refractivity contribution in [3.05, 3.63) is 24.0 Å². The molecule has 1 aromatic heterocycles. The first kappa shape index (κ1) is 10.1. The van der Waals surface area contributed by atoms with Crippen LogP contribution in [0.2, 0.25) is 0 Å². The maximum Gasteiger partial charge on any atom is 0.0450 e. The number of aromatic amines is 1. The number of nitrogens with two attached hydrogens (primary N) is 1. The summed E-state index contributed by atoms with van der Waals surface area (Å²) in [5.74, 6) is 3.49. The second-order valence-corrected chi connectivity index (χ2v) is 5.25. The molecule has 78 valence electrons. The third-order valence-corrected chi connectivity index (χ3v) is 4.00. The largest absolute Gasteiger partial charge is 0.364 e. The minimum absolute atomic E-state index is 0.207. The van der Waals surface area contributed by atoms with Gasteiger partial charge in [-0.1, -0.05) is 0 Å². The van der Waals surface area contributed by atoms with E-state index in [1.54, 1.807) is 0 Å². The van der Waals surface area contributed by atoms with Crippen LogP contribution in [0.1, 0.15) is 31.0 Å². The SMILES string of the molecule is NC(CC1CCSCC1)c1ccc[nH]1. The van der Waals surface area contributed by atoms with Crippen LogP contribution in [0.4, 0.5) is 0 Å². The lowest BCUT2D eigenvalue weighted by Gasteiger charge is -2.23. The van der Waals surface area contributed by atoms with Gasteiger partial charge in [0.25, 0.3) is 0 Å². The standard InChI is InChI=1S/C11H18N2S/c12-10(11-2-1-5-13-11)8-9-3-6-14-7-4-9/h1-2,5,9-10,13H,3-4,6-8,12H2. The van der Waals surface area contributed by atoms with E-state index in [4.69, 9.17) is 5.73 Å². The molecule has 0 amide bonds. The monoisotopic (exact) mass is 210 g/mol. The number of hydrogen-bond donors (Lipinski definition) is 2. The van der Waals surface area contributed by atoms with Gasteiger partial charge in [-0.3, -0.25) is 0 Å². The molecule has 2 nitrogen and oxygen atoms in total. The molecule has 0 saturated carbocycles. The Bertz CT molecular complexity index is 252. The summed E-state index contributed by atoms with van der Waals surface area (Å²) >= 11 is 2.07. The van der Waals surface area contributed by atoms with Gasteiger partial charge < -0.3 is 10.7 Å². The van der Waals surface area contributed by atoms with Gasteiger partial charge in [0.1, 0.15) is 0 Å². The summed E-state index contributed by atoms with van der Waals surface area (Å²) in [6, 6.07) is 4.31. The van der Waals surface area contributed by atoms with Crippen molar-refractivity contribution in [1.29, 1.82) is 0 Å². The number of nitrogens with one attached hydrogen (secondary N) is 1. The Morgan fingerprint density at radius 2 is 2.29 bits per heavy atom. The number of rotatable bonds is 3. The molecule has 1 aliphatic rings. The van der Waals surface area contributed by atoms with Crippen LogP contribution in [-0.2, 0) is 0 Å². The Morgan fingerprint density at radius 1 is 1.50 bits per heavy atom. The predicted octanol–water partition coefficient (Wildman–Crippen LogP) is 2.55. The molecule has 1 unspecified atom stereocenters. The topological polar surface area (TPSA) is 41.8 Å². The maximum absolute atomic E-state index is 6.13. The molecule has 1 saturated heterocycles. The van der Waals surface area contributed by atoms with Crippen LogP contribution in [0.15, 0.2) is 18.3 Å². The number of aromatic nitrogens is 1. The second kappa shape index (κ2) is 4.89. The van der Waals surface area contributed by atoms with E-state index < -0.39 is 0 Å². The molecule has 1 fully saturated rings. The zero-order valence-corrected chi connectivity index (χ0v) is 9.22. The molecule has 2 rings (SSSR count). The second-order valence-electron chi connectivity index (χ2n) is 4.02. The van der Waals surface area contributed by atoms with Crippen molar-refractivity contribution in [1.82, 2.24) is 4.98 Å². The summed E-state index contributed by atoms with van der Waals surface area (Å²) in [5.41, 5.74) is 7.32. The summed E-state index contributed by atoms with van der Waals surface area (Å²) in [5, 5.41) is 0. The molecule has 14 heavy (non-hydrogen) atoms. The molecule has 0 bridgehead atoms. The number of thioether (sulfide) groups is 1. The third kappa shape index (κ3) is 2.55. The van der Waals surface area contributed by atoms with E-state index >= 15 is 0 Å². The van der Waals surface area contributed by atoms with Crippen molar-refractivity contribution in [2.45, 2.75) is 25.3 Å². The predicted molar refractivity (Wildman–Crippen MR) is 62.4 cm³/mol. The van der Waals surface area contributed by atoms with Gasteiger partial charge in [0.15, 0.2) is 0 Å². The van der Waals surface area contributed by atoms with E-state index in [1.165, 1.54) is 30.0 Å². The van der Waals surface area contributed by atoms with Crippen LogP contribution in [0.25, 0.3) is 0 Å². The lowest BCUT2D eigenvalue weighted by molar-refractivity contribution is 0.410. The Hall–Kier alpha value is -0.410. The summed E-state index contributed by atoms with van der Waals surface area (Å²) < 4.78 is 0. The fraction of sp³-hybridized carbons (Fsp3) is 0.636. The number of hydrogen-bond acceptors (Lipinski definition) is 2. The van der Waals surface area contributed by atoms with Crippen LogP contribution in [0.5, 0.6) is 0 Å². The molecule has 0 radical (unpaired) electrons. The highest BCUT2D eigenvalue weighted by atomic mass is 32.2. The summed E-state index contributed by atoms with van der Waals surface area (Å²) in [6.45, 7) is 0. The van der Waals surface area contributed by atoms with E-state index in [-0.39, 0.29) is 6.04 Å². The fourth-order valence-corrected chi connectivity index (χ4v) is 3.25. The van der Waals surface area contributed by atoms with Gasteiger partial charge in [0.2, 0.25) is 0 Å². The maximum atomic E-state index is 6.13. The Kier molecular flexibility index (Phi) is 3.54. The summed E-state index contributed by atoms with van der Waals surface area (Å²) in [4.78, 5) is 3.20. The van der Waals surface area contributed by atoms with E-state index in [1.807, 2.05) is 12.3 Å². The Morgan fingerprint density at radius 3 is 2.93 bits per heavy atom. The van der Waals surface area contributed by atoms with Crippen molar-refractivity contribution in [2.75, 3.05) is 11.5 Å².